The van der Waals surface area contributed by atoms with Crippen LogP contribution in [-0.4, -0.2) is 14.1 Å². The third kappa shape index (κ3) is 2.09. The van der Waals surface area contributed by atoms with Crippen LogP contribution < -0.4 is 4.90 Å². The highest BCUT2D eigenvalue weighted by Crippen LogP contribution is 2.18. The second kappa shape index (κ2) is 3.43. The summed E-state index contributed by atoms with van der Waals surface area (Å²) >= 11 is 2.35. The zero-order valence-corrected chi connectivity index (χ0v) is 9.21. The second-order valence-electron chi connectivity index (χ2n) is 2.83. The molecule has 0 saturated carbocycles. The van der Waals surface area contributed by atoms with Crippen molar-refractivity contribution in [1.29, 1.82) is 0 Å². The molecule has 0 N–H and O–H groups in total. The fraction of sp³-hybridized carbons (Fsp3) is 0.333. The first kappa shape index (κ1) is 8.84. The molecule has 2 heteroatoms. The lowest BCUT2D eigenvalue weighted by atomic mass is 10.2. The highest BCUT2D eigenvalue weighted by Gasteiger charge is 1.97. The Morgan fingerprint density at radius 1 is 1.27 bits per heavy atom. The van der Waals surface area contributed by atoms with Crippen LogP contribution in [0, 0.1) is 10.5 Å². The van der Waals surface area contributed by atoms with Gasteiger partial charge in [0.2, 0.25) is 0 Å². The lowest BCUT2D eigenvalue weighted by molar-refractivity contribution is 1.12. The van der Waals surface area contributed by atoms with E-state index < -0.39 is 0 Å². The molecule has 0 atom stereocenters. The Kier molecular flexibility index (Phi) is 2.76. The van der Waals surface area contributed by atoms with Crippen LogP contribution in [0.1, 0.15) is 5.56 Å². The van der Waals surface area contributed by atoms with Crippen molar-refractivity contribution >= 4 is 28.3 Å². The zero-order chi connectivity index (χ0) is 8.43. The fourth-order valence-corrected chi connectivity index (χ4v) is 1.24. The van der Waals surface area contributed by atoms with Crippen molar-refractivity contribution in [1.82, 2.24) is 0 Å². The number of hydrogen-bond donors (Lipinski definition) is 0. The Hall–Kier alpha value is -0.250. The summed E-state index contributed by atoms with van der Waals surface area (Å²) in [6, 6.07) is 6.47. The average Bonchev–Trinajstić information content (AvgIpc) is 1.94. The third-order valence-corrected chi connectivity index (χ3v) is 2.87. The molecular formula is C9H12IN. The molecule has 0 saturated heterocycles. The summed E-state index contributed by atoms with van der Waals surface area (Å²) in [7, 11) is 4.11. The minimum Gasteiger partial charge on any atom is -0.378 e. The normalized spacial score (nSPS) is 9.82. The van der Waals surface area contributed by atoms with E-state index >= 15 is 0 Å². The molecule has 1 aromatic carbocycles. The molecule has 0 aromatic heterocycles. The van der Waals surface area contributed by atoms with Crippen molar-refractivity contribution in [3.63, 3.8) is 0 Å². The average molecular weight is 261 g/mol. The van der Waals surface area contributed by atoms with E-state index in [4.69, 9.17) is 0 Å². The monoisotopic (exact) mass is 261 g/mol. The van der Waals surface area contributed by atoms with Crippen LogP contribution in [0.3, 0.4) is 0 Å². The molecule has 60 valence electrons. The van der Waals surface area contributed by atoms with Crippen LogP contribution in [-0.2, 0) is 0 Å². The number of benzene rings is 1. The molecule has 0 unspecified atom stereocenters. The van der Waals surface area contributed by atoms with Crippen molar-refractivity contribution in [3.8, 4) is 0 Å². The molecule has 1 nitrogen and oxygen atoms in total. The molecule has 11 heavy (non-hydrogen) atoms. The molecule has 0 fully saturated rings. The largest absolute Gasteiger partial charge is 0.378 e. The van der Waals surface area contributed by atoms with E-state index in [1.54, 1.807) is 0 Å². The SMILES string of the molecule is Cc1cc(N(C)C)ccc1I. The predicted molar refractivity (Wildman–Crippen MR) is 58.2 cm³/mol. The number of aryl methyl sites for hydroxylation is 1. The maximum absolute atomic E-state index is 2.35. The van der Waals surface area contributed by atoms with Crippen LogP contribution in [0.15, 0.2) is 18.2 Å². The van der Waals surface area contributed by atoms with E-state index in [9.17, 15) is 0 Å². The Bertz CT molecular complexity index is 256. The summed E-state index contributed by atoms with van der Waals surface area (Å²) in [6.07, 6.45) is 0. The van der Waals surface area contributed by atoms with Gasteiger partial charge in [-0.05, 0) is 53.3 Å². The van der Waals surface area contributed by atoms with E-state index in [1.165, 1.54) is 14.8 Å². The molecule has 1 rings (SSSR count). The molecule has 0 aliphatic heterocycles. The minimum atomic E-state index is 1.27. The molecule has 0 aliphatic rings. The smallest absolute Gasteiger partial charge is 0.0364 e. The van der Waals surface area contributed by atoms with Crippen molar-refractivity contribution in [2.75, 3.05) is 19.0 Å². The first-order valence-electron chi connectivity index (χ1n) is 3.55. The topological polar surface area (TPSA) is 3.24 Å². The lowest BCUT2D eigenvalue weighted by Crippen LogP contribution is -2.08. The molecular weight excluding hydrogens is 249 g/mol. The Morgan fingerprint density at radius 3 is 2.36 bits per heavy atom. The van der Waals surface area contributed by atoms with Gasteiger partial charge in [0.1, 0.15) is 0 Å². The summed E-state index contributed by atoms with van der Waals surface area (Å²) in [6.45, 7) is 2.13. The summed E-state index contributed by atoms with van der Waals surface area (Å²) in [4.78, 5) is 2.11. The van der Waals surface area contributed by atoms with Crippen molar-refractivity contribution < 1.29 is 0 Å². The number of anilines is 1. The van der Waals surface area contributed by atoms with Gasteiger partial charge in [0.05, 0.1) is 0 Å². The first-order valence-corrected chi connectivity index (χ1v) is 4.62. The molecule has 0 aliphatic carbocycles. The summed E-state index contributed by atoms with van der Waals surface area (Å²) in [5.41, 5.74) is 2.61. The number of nitrogens with zero attached hydrogens (tertiary/aromatic N) is 1. The molecule has 0 radical (unpaired) electrons. The maximum Gasteiger partial charge on any atom is 0.0364 e. The van der Waals surface area contributed by atoms with Gasteiger partial charge in [-0.1, -0.05) is 0 Å². The van der Waals surface area contributed by atoms with Crippen LogP contribution in [0.4, 0.5) is 5.69 Å². The van der Waals surface area contributed by atoms with Crippen LogP contribution in [0.5, 0.6) is 0 Å². The Labute approximate surface area is 81.5 Å². The van der Waals surface area contributed by atoms with Crippen molar-refractivity contribution in [2.24, 2.45) is 0 Å². The highest BCUT2D eigenvalue weighted by molar-refractivity contribution is 14.1. The molecule has 0 heterocycles. The molecule has 0 amide bonds. The second-order valence-corrected chi connectivity index (χ2v) is 3.99. The van der Waals surface area contributed by atoms with E-state index in [0.717, 1.165) is 0 Å². The molecule has 0 spiro atoms. The van der Waals surface area contributed by atoms with Crippen LogP contribution >= 0.6 is 22.6 Å². The Morgan fingerprint density at radius 2 is 1.91 bits per heavy atom. The number of hydrogen-bond acceptors (Lipinski definition) is 1. The van der Waals surface area contributed by atoms with Gasteiger partial charge in [-0.15, -0.1) is 0 Å². The third-order valence-electron chi connectivity index (χ3n) is 1.66. The van der Waals surface area contributed by atoms with E-state index in [1.807, 2.05) is 0 Å². The van der Waals surface area contributed by atoms with Gasteiger partial charge >= 0.3 is 0 Å². The van der Waals surface area contributed by atoms with Crippen molar-refractivity contribution in [2.45, 2.75) is 6.92 Å². The Balaban J connectivity index is 3.05. The van der Waals surface area contributed by atoms with Gasteiger partial charge < -0.3 is 4.90 Å². The summed E-state index contributed by atoms with van der Waals surface area (Å²) in [5, 5.41) is 0. The van der Waals surface area contributed by atoms with Gasteiger partial charge in [0.25, 0.3) is 0 Å². The van der Waals surface area contributed by atoms with Crippen molar-refractivity contribution in [3.05, 3.63) is 27.3 Å². The van der Waals surface area contributed by atoms with Crippen LogP contribution in [0.25, 0.3) is 0 Å². The maximum atomic E-state index is 2.35. The van der Waals surface area contributed by atoms with Crippen LogP contribution in [0.2, 0.25) is 0 Å². The van der Waals surface area contributed by atoms with Gasteiger partial charge in [0.15, 0.2) is 0 Å². The highest BCUT2D eigenvalue weighted by atomic mass is 127. The van der Waals surface area contributed by atoms with Gasteiger partial charge in [-0.2, -0.15) is 0 Å². The van der Waals surface area contributed by atoms with E-state index in [2.05, 4.69) is 66.7 Å². The standard InChI is InChI=1S/C9H12IN/c1-7-6-8(11(2)3)4-5-9(7)10/h4-6H,1-3H3. The molecule has 1 aromatic rings. The number of halogens is 1. The summed E-state index contributed by atoms with van der Waals surface area (Å²) in [5.74, 6) is 0. The fourth-order valence-electron chi connectivity index (χ4n) is 0.907. The van der Waals surface area contributed by atoms with Gasteiger partial charge in [-0.25, -0.2) is 0 Å². The molecule has 0 bridgehead atoms. The minimum absolute atomic E-state index is 1.27. The predicted octanol–water partition coefficient (Wildman–Crippen LogP) is 2.67. The summed E-state index contributed by atoms with van der Waals surface area (Å²) < 4.78 is 1.33. The number of rotatable bonds is 1. The lowest BCUT2D eigenvalue weighted by Gasteiger charge is -2.13. The van der Waals surface area contributed by atoms with Gasteiger partial charge in [0, 0.05) is 23.4 Å². The first-order chi connectivity index (χ1) is 5.11. The van der Waals surface area contributed by atoms with E-state index in [0.29, 0.717) is 0 Å². The van der Waals surface area contributed by atoms with E-state index in [-0.39, 0.29) is 0 Å². The van der Waals surface area contributed by atoms with Gasteiger partial charge in [-0.3, -0.25) is 0 Å². The quantitative estimate of drug-likeness (QED) is 0.702. The zero-order valence-electron chi connectivity index (χ0n) is 7.06.